The third kappa shape index (κ3) is 4.38. The Morgan fingerprint density at radius 2 is 2.32 bits per heavy atom. The van der Waals surface area contributed by atoms with Crippen LogP contribution in [-0.2, 0) is 9.53 Å². The summed E-state index contributed by atoms with van der Waals surface area (Å²) in [5, 5.41) is 5.96. The van der Waals surface area contributed by atoms with Crippen molar-refractivity contribution in [3.8, 4) is 5.75 Å². The quantitative estimate of drug-likeness (QED) is 0.879. The van der Waals surface area contributed by atoms with Crippen LogP contribution in [0, 0.1) is 0 Å². The second kappa shape index (κ2) is 7.99. The molecule has 0 aliphatic carbocycles. The van der Waals surface area contributed by atoms with Gasteiger partial charge in [0.1, 0.15) is 11.9 Å². The van der Waals surface area contributed by atoms with Crippen molar-refractivity contribution in [1.29, 1.82) is 0 Å². The molecule has 1 aromatic carbocycles. The number of ether oxygens (including phenoxy) is 2. The van der Waals surface area contributed by atoms with E-state index in [0.29, 0.717) is 31.2 Å². The van der Waals surface area contributed by atoms with Crippen molar-refractivity contribution in [1.82, 2.24) is 5.32 Å². The number of para-hydroxylation sites is 2. The van der Waals surface area contributed by atoms with Crippen LogP contribution in [0.5, 0.6) is 5.75 Å². The van der Waals surface area contributed by atoms with E-state index in [2.05, 4.69) is 10.6 Å². The first-order chi connectivity index (χ1) is 8.81. The second-order valence-corrected chi connectivity index (χ2v) is 3.98. The number of carbonyl (C=O) groups excluding carboxylic acids is 1. The van der Waals surface area contributed by atoms with Crippen LogP contribution < -0.4 is 15.4 Å². The molecule has 1 aromatic rings. The highest BCUT2D eigenvalue weighted by Gasteiger charge is 2.22. The highest BCUT2D eigenvalue weighted by atomic mass is 35.5. The van der Waals surface area contributed by atoms with Gasteiger partial charge in [0.2, 0.25) is 0 Å². The number of anilines is 1. The molecule has 0 radical (unpaired) electrons. The smallest absolute Gasteiger partial charge is 0.254 e. The predicted octanol–water partition coefficient (Wildman–Crippen LogP) is 1.43. The number of hydrogen-bond acceptors (Lipinski definition) is 4. The van der Waals surface area contributed by atoms with E-state index in [1.165, 1.54) is 0 Å². The first-order valence-electron chi connectivity index (χ1n) is 6.16. The van der Waals surface area contributed by atoms with E-state index in [-0.39, 0.29) is 18.3 Å². The van der Waals surface area contributed by atoms with Crippen LogP contribution >= 0.6 is 12.4 Å². The minimum absolute atomic E-state index is 0. The fourth-order valence-corrected chi connectivity index (χ4v) is 1.80. The summed E-state index contributed by atoms with van der Waals surface area (Å²) in [6.45, 7) is 4.37. The standard InChI is InChI=1S/C13H18N2O3.ClH/c1-2-17-11-6-4-3-5-10(11)15-13(16)12-9-14-7-8-18-12;/h3-6,12,14H,2,7-9H2,1H3,(H,15,16);1H. The molecule has 1 heterocycles. The molecule has 1 atom stereocenters. The number of carbonyl (C=O) groups is 1. The number of amides is 1. The predicted molar refractivity (Wildman–Crippen MR) is 76.1 cm³/mol. The van der Waals surface area contributed by atoms with Gasteiger partial charge in [-0.1, -0.05) is 12.1 Å². The van der Waals surface area contributed by atoms with E-state index in [4.69, 9.17) is 9.47 Å². The molecule has 1 fully saturated rings. The summed E-state index contributed by atoms with van der Waals surface area (Å²) in [6, 6.07) is 7.38. The SMILES string of the molecule is CCOc1ccccc1NC(=O)C1CNCCO1.Cl. The third-order valence-corrected chi connectivity index (χ3v) is 2.66. The zero-order chi connectivity index (χ0) is 12.8. The molecular weight excluding hydrogens is 268 g/mol. The van der Waals surface area contributed by atoms with Gasteiger partial charge in [0.15, 0.2) is 0 Å². The normalized spacial score (nSPS) is 18.3. The topological polar surface area (TPSA) is 59.6 Å². The fourth-order valence-electron chi connectivity index (χ4n) is 1.80. The molecule has 106 valence electrons. The Morgan fingerprint density at radius 1 is 1.53 bits per heavy atom. The van der Waals surface area contributed by atoms with Crippen LogP contribution in [0.2, 0.25) is 0 Å². The summed E-state index contributed by atoms with van der Waals surface area (Å²) in [5.41, 5.74) is 0.679. The minimum Gasteiger partial charge on any atom is -0.492 e. The van der Waals surface area contributed by atoms with Gasteiger partial charge in [-0.2, -0.15) is 0 Å². The summed E-state index contributed by atoms with van der Waals surface area (Å²) in [4.78, 5) is 12.0. The van der Waals surface area contributed by atoms with Crippen LogP contribution in [0.4, 0.5) is 5.69 Å². The molecule has 0 spiro atoms. The molecule has 19 heavy (non-hydrogen) atoms. The van der Waals surface area contributed by atoms with Gasteiger partial charge in [-0.3, -0.25) is 4.79 Å². The van der Waals surface area contributed by atoms with E-state index >= 15 is 0 Å². The molecule has 1 aliphatic rings. The lowest BCUT2D eigenvalue weighted by Gasteiger charge is -2.23. The Morgan fingerprint density at radius 3 is 3.00 bits per heavy atom. The first kappa shape index (κ1) is 15.8. The van der Waals surface area contributed by atoms with E-state index in [1.54, 1.807) is 0 Å². The van der Waals surface area contributed by atoms with Crippen molar-refractivity contribution in [2.45, 2.75) is 13.0 Å². The van der Waals surface area contributed by atoms with Crippen LogP contribution in [0.3, 0.4) is 0 Å². The summed E-state index contributed by atoms with van der Waals surface area (Å²) in [7, 11) is 0. The zero-order valence-corrected chi connectivity index (χ0v) is 11.7. The molecule has 5 nitrogen and oxygen atoms in total. The Labute approximate surface area is 119 Å². The van der Waals surface area contributed by atoms with Gasteiger partial charge >= 0.3 is 0 Å². The van der Waals surface area contributed by atoms with Crippen molar-refractivity contribution < 1.29 is 14.3 Å². The van der Waals surface area contributed by atoms with Gasteiger partial charge in [0.05, 0.1) is 18.9 Å². The Kier molecular flexibility index (Phi) is 6.62. The molecule has 2 N–H and O–H groups in total. The molecule has 0 bridgehead atoms. The van der Waals surface area contributed by atoms with Gasteiger partial charge in [-0.05, 0) is 19.1 Å². The van der Waals surface area contributed by atoms with E-state index in [9.17, 15) is 4.79 Å². The maximum atomic E-state index is 12.0. The van der Waals surface area contributed by atoms with Gasteiger partial charge in [-0.15, -0.1) is 12.4 Å². The van der Waals surface area contributed by atoms with Crippen LogP contribution in [-0.4, -0.2) is 38.3 Å². The maximum absolute atomic E-state index is 12.0. The molecule has 1 unspecified atom stereocenters. The van der Waals surface area contributed by atoms with Gasteiger partial charge in [-0.25, -0.2) is 0 Å². The van der Waals surface area contributed by atoms with Crippen molar-refractivity contribution in [3.63, 3.8) is 0 Å². The lowest BCUT2D eigenvalue weighted by Crippen LogP contribution is -2.45. The van der Waals surface area contributed by atoms with Gasteiger partial charge < -0.3 is 20.1 Å². The number of halogens is 1. The average molecular weight is 287 g/mol. The molecule has 1 amide bonds. The molecular formula is C13H19ClN2O3. The number of rotatable bonds is 4. The Hall–Kier alpha value is -1.30. The molecule has 0 aromatic heterocycles. The number of nitrogens with one attached hydrogen (secondary N) is 2. The van der Waals surface area contributed by atoms with E-state index in [1.807, 2.05) is 31.2 Å². The molecule has 1 aliphatic heterocycles. The van der Waals surface area contributed by atoms with E-state index in [0.717, 1.165) is 6.54 Å². The summed E-state index contributed by atoms with van der Waals surface area (Å²) in [6.07, 6.45) is -0.437. The molecule has 6 heteroatoms. The Bertz CT molecular complexity index is 409. The third-order valence-electron chi connectivity index (χ3n) is 2.66. The monoisotopic (exact) mass is 286 g/mol. The number of morpholine rings is 1. The zero-order valence-electron chi connectivity index (χ0n) is 10.8. The minimum atomic E-state index is -0.437. The van der Waals surface area contributed by atoms with Crippen molar-refractivity contribution in [2.75, 3.05) is 31.6 Å². The summed E-state index contributed by atoms with van der Waals surface area (Å²) >= 11 is 0. The Balaban J connectivity index is 0.00000180. The average Bonchev–Trinajstić information content (AvgIpc) is 2.42. The summed E-state index contributed by atoms with van der Waals surface area (Å²) in [5.74, 6) is 0.534. The number of benzene rings is 1. The van der Waals surface area contributed by atoms with E-state index < -0.39 is 6.10 Å². The molecule has 0 saturated carbocycles. The van der Waals surface area contributed by atoms with Gasteiger partial charge in [0.25, 0.3) is 5.91 Å². The second-order valence-electron chi connectivity index (χ2n) is 3.98. The first-order valence-corrected chi connectivity index (χ1v) is 6.16. The lowest BCUT2D eigenvalue weighted by molar-refractivity contribution is -0.128. The lowest BCUT2D eigenvalue weighted by atomic mass is 10.2. The fraction of sp³-hybridized carbons (Fsp3) is 0.462. The van der Waals surface area contributed by atoms with Crippen LogP contribution in [0.25, 0.3) is 0 Å². The highest BCUT2D eigenvalue weighted by Crippen LogP contribution is 2.23. The molecule has 2 rings (SSSR count). The van der Waals surface area contributed by atoms with Crippen LogP contribution in [0.15, 0.2) is 24.3 Å². The van der Waals surface area contributed by atoms with Crippen molar-refractivity contribution in [2.24, 2.45) is 0 Å². The summed E-state index contributed by atoms with van der Waals surface area (Å²) < 4.78 is 10.9. The van der Waals surface area contributed by atoms with Crippen LogP contribution in [0.1, 0.15) is 6.92 Å². The largest absolute Gasteiger partial charge is 0.492 e. The number of hydrogen-bond donors (Lipinski definition) is 2. The van der Waals surface area contributed by atoms with Crippen molar-refractivity contribution in [3.05, 3.63) is 24.3 Å². The maximum Gasteiger partial charge on any atom is 0.254 e. The van der Waals surface area contributed by atoms with Crippen molar-refractivity contribution >= 4 is 24.0 Å². The van der Waals surface area contributed by atoms with Gasteiger partial charge in [0, 0.05) is 13.1 Å². The highest BCUT2D eigenvalue weighted by molar-refractivity contribution is 5.95. The molecule has 1 saturated heterocycles.